The zero-order valence-electron chi connectivity index (χ0n) is 10.3. The highest BCUT2D eigenvalue weighted by Crippen LogP contribution is 2.31. The van der Waals surface area contributed by atoms with Crippen LogP contribution in [0.2, 0.25) is 10.0 Å². The van der Waals surface area contributed by atoms with Gasteiger partial charge in [0.05, 0.1) is 15.7 Å². The van der Waals surface area contributed by atoms with E-state index in [9.17, 15) is 9.18 Å². The third-order valence-electron chi connectivity index (χ3n) is 3.21. The van der Waals surface area contributed by atoms with Crippen molar-refractivity contribution < 1.29 is 9.18 Å². The summed E-state index contributed by atoms with van der Waals surface area (Å²) >= 11 is 11.7. The topological polar surface area (TPSA) is 41.1 Å². The second kappa shape index (κ2) is 6.55. The van der Waals surface area contributed by atoms with Crippen molar-refractivity contribution in [2.45, 2.75) is 19.3 Å². The molecule has 2 rings (SSSR count). The summed E-state index contributed by atoms with van der Waals surface area (Å²) < 4.78 is 13.0. The molecule has 6 heteroatoms. The van der Waals surface area contributed by atoms with E-state index < -0.39 is 5.82 Å². The highest BCUT2D eigenvalue weighted by molar-refractivity contribution is 6.39. The minimum Gasteiger partial charge on any atom is -0.324 e. The molecule has 0 radical (unpaired) electrons. The van der Waals surface area contributed by atoms with Gasteiger partial charge in [-0.1, -0.05) is 23.2 Å². The minimum atomic E-state index is -0.523. The van der Waals surface area contributed by atoms with Crippen molar-refractivity contribution in [3.05, 3.63) is 28.0 Å². The van der Waals surface area contributed by atoms with Crippen LogP contribution in [0.4, 0.5) is 10.1 Å². The molecule has 1 aliphatic rings. The number of hydrogen-bond acceptors (Lipinski definition) is 2. The van der Waals surface area contributed by atoms with Gasteiger partial charge >= 0.3 is 0 Å². The number of nitrogens with one attached hydrogen (secondary N) is 2. The lowest BCUT2D eigenvalue weighted by Crippen LogP contribution is -2.15. The van der Waals surface area contributed by atoms with Crippen molar-refractivity contribution in [2.75, 3.05) is 18.4 Å². The molecule has 1 amide bonds. The first-order valence-corrected chi connectivity index (χ1v) is 6.97. The van der Waals surface area contributed by atoms with Crippen LogP contribution in [0.5, 0.6) is 0 Å². The number of carbonyl (C=O) groups excluding carboxylic acids is 1. The molecule has 0 bridgehead atoms. The second-order valence-corrected chi connectivity index (χ2v) is 5.50. The molecule has 1 saturated heterocycles. The summed E-state index contributed by atoms with van der Waals surface area (Å²) in [5.74, 6) is -0.128. The quantitative estimate of drug-likeness (QED) is 0.894. The van der Waals surface area contributed by atoms with E-state index in [2.05, 4.69) is 10.6 Å². The summed E-state index contributed by atoms with van der Waals surface area (Å²) in [5, 5.41) is 6.12. The van der Waals surface area contributed by atoms with E-state index in [4.69, 9.17) is 23.2 Å². The summed E-state index contributed by atoms with van der Waals surface area (Å²) in [4.78, 5) is 11.8. The molecule has 1 aliphatic heterocycles. The lowest BCUT2D eigenvalue weighted by atomic mass is 10.0. The van der Waals surface area contributed by atoms with Crippen molar-refractivity contribution >= 4 is 34.8 Å². The molecule has 2 N–H and O–H groups in total. The van der Waals surface area contributed by atoms with Gasteiger partial charge in [-0.25, -0.2) is 4.39 Å². The van der Waals surface area contributed by atoms with Crippen LogP contribution >= 0.6 is 23.2 Å². The molecule has 1 aromatic carbocycles. The standard InChI is InChI=1S/C13H15Cl2FN2O/c14-10-5-9(16)6-11(15)13(10)18-12(19)2-1-8-3-4-17-7-8/h5-6,8,17H,1-4,7H2,(H,18,19). The Kier molecular flexibility index (Phi) is 5.02. The van der Waals surface area contributed by atoms with Gasteiger partial charge in [-0.2, -0.15) is 0 Å². The zero-order valence-corrected chi connectivity index (χ0v) is 11.8. The third-order valence-corrected chi connectivity index (χ3v) is 3.81. The van der Waals surface area contributed by atoms with Crippen LogP contribution < -0.4 is 10.6 Å². The van der Waals surface area contributed by atoms with E-state index in [1.165, 1.54) is 0 Å². The Morgan fingerprint density at radius 3 is 2.68 bits per heavy atom. The molecule has 1 aromatic rings. The Morgan fingerprint density at radius 2 is 2.11 bits per heavy atom. The van der Waals surface area contributed by atoms with Gasteiger partial charge in [-0.3, -0.25) is 4.79 Å². The largest absolute Gasteiger partial charge is 0.324 e. The average Bonchev–Trinajstić information content (AvgIpc) is 2.84. The molecule has 3 nitrogen and oxygen atoms in total. The predicted octanol–water partition coefficient (Wildman–Crippen LogP) is 3.46. The number of anilines is 1. The number of carbonyl (C=O) groups is 1. The van der Waals surface area contributed by atoms with Crippen molar-refractivity contribution in [3.63, 3.8) is 0 Å². The van der Waals surface area contributed by atoms with Gasteiger partial charge in [0.15, 0.2) is 0 Å². The second-order valence-electron chi connectivity index (χ2n) is 4.69. The maximum atomic E-state index is 13.0. The summed E-state index contributed by atoms with van der Waals surface area (Å²) in [6.45, 7) is 1.98. The van der Waals surface area contributed by atoms with Crippen LogP contribution in [0.1, 0.15) is 19.3 Å². The van der Waals surface area contributed by atoms with Crippen molar-refractivity contribution in [1.29, 1.82) is 0 Å². The molecule has 1 unspecified atom stereocenters. The van der Waals surface area contributed by atoms with Crippen molar-refractivity contribution in [3.8, 4) is 0 Å². The Bertz CT molecular complexity index is 453. The molecule has 1 fully saturated rings. The van der Waals surface area contributed by atoms with Gasteiger partial charge in [-0.05, 0) is 44.0 Å². The molecular weight excluding hydrogens is 290 g/mol. The van der Waals surface area contributed by atoms with Gasteiger partial charge in [0.25, 0.3) is 0 Å². The average molecular weight is 305 g/mol. The molecule has 1 heterocycles. The van der Waals surface area contributed by atoms with Gasteiger partial charge in [0.1, 0.15) is 5.82 Å². The van der Waals surface area contributed by atoms with Crippen LogP contribution in [-0.4, -0.2) is 19.0 Å². The predicted molar refractivity (Wildman–Crippen MR) is 75.3 cm³/mol. The van der Waals surface area contributed by atoms with Crippen LogP contribution in [-0.2, 0) is 4.79 Å². The Balaban J connectivity index is 1.91. The fourth-order valence-corrected chi connectivity index (χ4v) is 2.71. The Labute approximate surface area is 121 Å². The lowest BCUT2D eigenvalue weighted by Gasteiger charge is -2.11. The molecule has 104 valence electrons. The molecule has 0 aromatic heterocycles. The van der Waals surface area contributed by atoms with Gasteiger partial charge in [-0.15, -0.1) is 0 Å². The van der Waals surface area contributed by atoms with Crippen LogP contribution in [0.15, 0.2) is 12.1 Å². The smallest absolute Gasteiger partial charge is 0.224 e. The number of halogens is 3. The molecule has 19 heavy (non-hydrogen) atoms. The van der Waals surface area contributed by atoms with Crippen LogP contribution in [0, 0.1) is 11.7 Å². The Hall–Kier alpha value is -0.840. The van der Waals surface area contributed by atoms with Gasteiger partial charge in [0, 0.05) is 6.42 Å². The van der Waals surface area contributed by atoms with Crippen LogP contribution in [0.25, 0.3) is 0 Å². The summed E-state index contributed by atoms with van der Waals surface area (Å²) in [6, 6.07) is 2.26. The van der Waals surface area contributed by atoms with Gasteiger partial charge in [0.2, 0.25) is 5.91 Å². The monoisotopic (exact) mass is 304 g/mol. The highest BCUT2D eigenvalue weighted by atomic mass is 35.5. The third kappa shape index (κ3) is 4.06. The lowest BCUT2D eigenvalue weighted by molar-refractivity contribution is -0.116. The summed E-state index contributed by atoms with van der Waals surface area (Å²) in [5.41, 5.74) is 0.277. The first-order chi connectivity index (χ1) is 9.06. The van der Waals surface area contributed by atoms with E-state index in [0.29, 0.717) is 12.3 Å². The summed E-state index contributed by atoms with van der Waals surface area (Å²) in [6.07, 6.45) is 2.34. The van der Waals surface area contributed by atoms with Crippen molar-refractivity contribution in [1.82, 2.24) is 5.32 Å². The SMILES string of the molecule is O=C(CCC1CCNC1)Nc1c(Cl)cc(F)cc1Cl. The molecule has 0 saturated carbocycles. The summed E-state index contributed by atoms with van der Waals surface area (Å²) in [7, 11) is 0. The fourth-order valence-electron chi connectivity index (χ4n) is 2.16. The normalized spacial score (nSPS) is 18.6. The number of amides is 1. The Morgan fingerprint density at radius 1 is 1.42 bits per heavy atom. The molecule has 0 aliphatic carbocycles. The highest BCUT2D eigenvalue weighted by Gasteiger charge is 2.17. The zero-order chi connectivity index (χ0) is 13.8. The van der Waals surface area contributed by atoms with Crippen LogP contribution in [0.3, 0.4) is 0 Å². The first-order valence-electron chi connectivity index (χ1n) is 6.21. The maximum absolute atomic E-state index is 13.0. The first kappa shape index (κ1) is 14.6. The fraction of sp³-hybridized carbons (Fsp3) is 0.462. The van der Waals surface area contributed by atoms with E-state index in [1.807, 2.05) is 0 Å². The number of benzene rings is 1. The van der Waals surface area contributed by atoms with E-state index in [-0.39, 0.29) is 21.6 Å². The van der Waals surface area contributed by atoms with Gasteiger partial charge < -0.3 is 10.6 Å². The van der Waals surface area contributed by atoms with E-state index in [1.54, 1.807) is 0 Å². The van der Waals surface area contributed by atoms with E-state index in [0.717, 1.165) is 38.1 Å². The maximum Gasteiger partial charge on any atom is 0.224 e. The molecule has 1 atom stereocenters. The minimum absolute atomic E-state index is 0.112. The number of rotatable bonds is 4. The molecular formula is C13H15Cl2FN2O. The number of hydrogen-bond donors (Lipinski definition) is 2. The molecule has 0 spiro atoms. The van der Waals surface area contributed by atoms with E-state index >= 15 is 0 Å². The van der Waals surface area contributed by atoms with Crippen molar-refractivity contribution in [2.24, 2.45) is 5.92 Å².